The van der Waals surface area contributed by atoms with Crippen LogP contribution in [0.2, 0.25) is 0 Å². The fourth-order valence-electron chi connectivity index (χ4n) is 2.09. The molecule has 0 aliphatic rings. The Hall–Kier alpha value is -1.39. The zero-order chi connectivity index (χ0) is 14.6. The Morgan fingerprint density at radius 3 is 1.28 bits per heavy atom. The first-order valence-corrected chi connectivity index (χ1v) is 6.03. The van der Waals surface area contributed by atoms with Gasteiger partial charge in [-0.3, -0.25) is 14.4 Å². The maximum absolute atomic E-state index is 11.9. The van der Waals surface area contributed by atoms with E-state index in [1.165, 1.54) is 13.8 Å². The average Bonchev–Trinajstić information content (AvgIpc) is 1.92. The van der Waals surface area contributed by atoms with E-state index in [0.717, 1.165) is 0 Å². The molecule has 0 radical (unpaired) electrons. The Morgan fingerprint density at radius 1 is 0.778 bits per heavy atom. The van der Waals surface area contributed by atoms with Gasteiger partial charge in [-0.05, 0) is 27.7 Å². The fourth-order valence-corrected chi connectivity index (χ4v) is 2.09. The van der Waals surface area contributed by atoms with Crippen LogP contribution in [0.25, 0.3) is 0 Å². The predicted octanol–water partition coefficient (Wildman–Crippen LogP) is 1.17. The molecule has 0 saturated carbocycles. The third-order valence-electron chi connectivity index (χ3n) is 2.31. The van der Waals surface area contributed by atoms with Crippen molar-refractivity contribution in [2.75, 3.05) is 0 Å². The molecule has 0 atom stereocenters. The second-order valence-electron chi connectivity index (χ2n) is 6.02. The van der Waals surface area contributed by atoms with Crippen molar-refractivity contribution >= 4 is 17.6 Å². The molecule has 0 fully saturated rings. The molecular formula is C13H24N2O3. The molecule has 0 aromatic carbocycles. The second kappa shape index (κ2) is 5.98. The third kappa shape index (κ3) is 7.81. The number of carbonyl (C=O) groups excluding carboxylic acids is 3. The van der Waals surface area contributed by atoms with Gasteiger partial charge in [-0.25, -0.2) is 0 Å². The highest BCUT2D eigenvalue weighted by Gasteiger charge is 2.28. The molecule has 2 N–H and O–H groups in total. The van der Waals surface area contributed by atoms with Gasteiger partial charge in [0.2, 0.25) is 11.8 Å². The number of Topliss-reactive ketones (excluding diaryl/α,β-unsaturated/α-hetero) is 1. The monoisotopic (exact) mass is 256 g/mol. The zero-order valence-electron chi connectivity index (χ0n) is 12.1. The van der Waals surface area contributed by atoms with E-state index >= 15 is 0 Å². The minimum Gasteiger partial charge on any atom is -0.351 e. The van der Waals surface area contributed by atoms with Crippen LogP contribution in [0.5, 0.6) is 0 Å². The van der Waals surface area contributed by atoms with E-state index in [9.17, 15) is 14.4 Å². The molecule has 0 aromatic heterocycles. The van der Waals surface area contributed by atoms with Crippen molar-refractivity contribution in [3.63, 3.8) is 0 Å². The van der Waals surface area contributed by atoms with Gasteiger partial charge < -0.3 is 10.6 Å². The van der Waals surface area contributed by atoms with E-state index in [1.54, 1.807) is 27.7 Å². The van der Waals surface area contributed by atoms with Gasteiger partial charge in [-0.15, -0.1) is 0 Å². The summed E-state index contributed by atoms with van der Waals surface area (Å²) in [5.74, 6) is -0.310. The molecule has 0 aromatic rings. The molecule has 0 aliphatic heterocycles. The number of hydrogen-bond donors (Lipinski definition) is 2. The maximum atomic E-state index is 11.9. The van der Waals surface area contributed by atoms with Gasteiger partial charge in [0.05, 0.1) is 0 Å². The summed E-state index contributed by atoms with van der Waals surface area (Å²) < 4.78 is 0. The first kappa shape index (κ1) is 16.6. The molecular weight excluding hydrogens is 232 g/mol. The number of ketones is 1. The number of nitrogens with one attached hydrogen (secondary N) is 2. The van der Waals surface area contributed by atoms with Crippen molar-refractivity contribution in [3.8, 4) is 0 Å². The lowest BCUT2D eigenvalue weighted by molar-refractivity contribution is -0.124. The average molecular weight is 256 g/mol. The summed E-state index contributed by atoms with van der Waals surface area (Å²) in [6.45, 7) is 10.1. The molecule has 0 spiro atoms. The van der Waals surface area contributed by atoms with Crippen LogP contribution in [0.15, 0.2) is 0 Å². The largest absolute Gasteiger partial charge is 0.351 e. The van der Waals surface area contributed by atoms with Gasteiger partial charge in [-0.1, -0.05) is 0 Å². The third-order valence-corrected chi connectivity index (χ3v) is 2.31. The smallest absolute Gasteiger partial charge is 0.217 e. The predicted molar refractivity (Wildman–Crippen MR) is 70.0 cm³/mol. The van der Waals surface area contributed by atoms with Crippen molar-refractivity contribution in [2.24, 2.45) is 0 Å². The van der Waals surface area contributed by atoms with Crippen LogP contribution < -0.4 is 10.6 Å². The van der Waals surface area contributed by atoms with Crippen LogP contribution >= 0.6 is 0 Å². The Morgan fingerprint density at radius 2 is 1.06 bits per heavy atom. The Kier molecular flexibility index (Phi) is 5.52. The highest BCUT2D eigenvalue weighted by atomic mass is 16.2. The van der Waals surface area contributed by atoms with Crippen molar-refractivity contribution in [3.05, 3.63) is 0 Å². The molecule has 0 rings (SSSR count). The molecule has 2 amide bonds. The first-order chi connectivity index (χ1) is 7.93. The molecule has 104 valence electrons. The van der Waals surface area contributed by atoms with E-state index in [2.05, 4.69) is 10.6 Å². The lowest BCUT2D eigenvalue weighted by atomic mass is 9.90. The second-order valence-corrected chi connectivity index (χ2v) is 6.02. The Bertz CT molecular complexity index is 314. The van der Waals surface area contributed by atoms with E-state index in [-0.39, 0.29) is 30.4 Å². The zero-order valence-corrected chi connectivity index (χ0v) is 12.1. The molecule has 0 aliphatic carbocycles. The topological polar surface area (TPSA) is 75.3 Å². The SMILES string of the molecule is CC(=O)NC(C)(C)CC(=O)CC(C)(C)NC(C)=O. The summed E-state index contributed by atoms with van der Waals surface area (Å²) in [7, 11) is 0. The minimum absolute atomic E-state index is 0.00694. The van der Waals surface area contributed by atoms with E-state index < -0.39 is 11.1 Å². The van der Waals surface area contributed by atoms with E-state index in [4.69, 9.17) is 0 Å². The van der Waals surface area contributed by atoms with E-state index in [1.807, 2.05) is 0 Å². The number of rotatable bonds is 6. The van der Waals surface area contributed by atoms with Gasteiger partial charge in [0.25, 0.3) is 0 Å². The van der Waals surface area contributed by atoms with Crippen LogP contribution in [0.4, 0.5) is 0 Å². The summed E-state index contributed by atoms with van der Waals surface area (Å²) in [6.07, 6.45) is 0.491. The van der Waals surface area contributed by atoms with Crippen molar-refractivity contribution < 1.29 is 14.4 Å². The number of carbonyl (C=O) groups is 3. The Labute approximate surface area is 109 Å². The lowest BCUT2D eigenvalue weighted by Crippen LogP contribution is -2.47. The summed E-state index contributed by atoms with van der Waals surface area (Å²) >= 11 is 0. The van der Waals surface area contributed by atoms with Gasteiger partial charge in [0.15, 0.2) is 0 Å². The molecule has 5 nitrogen and oxygen atoms in total. The molecule has 0 saturated heterocycles. The highest BCUT2D eigenvalue weighted by molar-refractivity contribution is 5.83. The molecule has 0 bridgehead atoms. The van der Waals surface area contributed by atoms with Crippen molar-refractivity contribution in [1.82, 2.24) is 10.6 Å². The molecule has 5 heteroatoms. The summed E-state index contributed by atoms with van der Waals surface area (Å²) in [5.41, 5.74) is -1.12. The number of hydrogen-bond acceptors (Lipinski definition) is 3. The summed E-state index contributed by atoms with van der Waals surface area (Å²) in [5, 5.41) is 5.46. The van der Waals surface area contributed by atoms with Gasteiger partial charge in [0, 0.05) is 37.8 Å². The fraction of sp³-hybridized carbons (Fsp3) is 0.769. The number of amides is 2. The van der Waals surface area contributed by atoms with Crippen molar-refractivity contribution in [1.29, 1.82) is 0 Å². The maximum Gasteiger partial charge on any atom is 0.217 e. The standard InChI is InChI=1S/C13H24N2O3/c1-9(16)14-12(3,4)7-11(18)8-13(5,6)15-10(2)17/h7-8H2,1-6H3,(H,14,16)(H,15,17). The molecule has 0 heterocycles. The van der Waals surface area contributed by atoms with Crippen LogP contribution in [-0.4, -0.2) is 28.7 Å². The van der Waals surface area contributed by atoms with Crippen LogP contribution in [0, 0.1) is 0 Å². The normalized spacial score (nSPS) is 11.9. The van der Waals surface area contributed by atoms with Crippen LogP contribution in [-0.2, 0) is 14.4 Å². The molecule has 18 heavy (non-hydrogen) atoms. The van der Waals surface area contributed by atoms with Crippen LogP contribution in [0.3, 0.4) is 0 Å². The summed E-state index contributed by atoms with van der Waals surface area (Å²) in [6, 6.07) is 0. The van der Waals surface area contributed by atoms with Gasteiger partial charge in [0.1, 0.15) is 5.78 Å². The lowest BCUT2D eigenvalue weighted by Gasteiger charge is -2.29. The minimum atomic E-state index is -0.560. The Balaban J connectivity index is 4.42. The van der Waals surface area contributed by atoms with Gasteiger partial charge in [-0.2, -0.15) is 0 Å². The first-order valence-electron chi connectivity index (χ1n) is 6.03. The van der Waals surface area contributed by atoms with Crippen LogP contribution in [0.1, 0.15) is 54.4 Å². The highest BCUT2D eigenvalue weighted by Crippen LogP contribution is 2.16. The molecule has 0 unspecified atom stereocenters. The van der Waals surface area contributed by atoms with Crippen molar-refractivity contribution in [2.45, 2.75) is 65.5 Å². The van der Waals surface area contributed by atoms with Gasteiger partial charge >= 0.3 is 0 Å². The van der Waals surface area contributed by atoms with E-state index in [0.29, 0.717) is 0 Å². The summed E-state index contributed by atoms with van der Waals surface area (Å²) in [4.78, 5) is 33.9. The quantitative estimate of drug-likeness (QED) is 0.749.